The highest BCUT2D eigenvalue weighted by atomic mass is 16.7. The fourth-order valence-corrected chi connectivity index (χ4v) is 4.06. The van der Waals surface area contributed by atoms with Crippen LogP contribution in [0.25, 0.3) is 0 Å². The molecule has 0 radical (unpaired) electrons. The Morgan fingerprint density at radius 1 is 0.722 bits per heavy atom. The van der Waals surface area contributed by atoms with Gasteiger partial charge in [-0.2, -0.15) is 0 Å². The van der Waals surface area contributed by atoms with Gasteiger partial charge in [0.25, 0.3) is 0 Å². The molecule has 1 aliphatic heterocycles. The van der Waals surface area contributed by atoms with Crippen LogP contribution in [0.5, 0.6) is 0 Å². The molecular weight excluding hydrogens is 452 g/mol. The number of benzene rings is 3. The largest absolute Gasteiger partial charge is 0.374 e. The number of ether oxygens (including phenoxy) is 5. The van der Waals surface area contributed by atoms with E-state index in [1.165, 1.54) is 0 Å². The molecule has 0 aliphatic carbocycles. The summed E-state index contributed by atoms with van der Waals surface area (Å²) in [7, 11) is 0. The van der Waals surface area contributed by atoms with Crippen LogP contribution in [0.15, 0.2) is 103 Å². The van der Waals surface area contributed by atoms with Crippen molar-refractivity contribution >= 4 is 0 Å². The highest BCUT2D eigenvalue weighted by Gasteiger charge is 2.43. The summed E-state index contributed by atoms with van der Waals surface area (Å²) in [5.41, 5.74) is 3.83. The van der Waals surface area contributed by atoms with Crippen molar-refractivity contribution in [2.75, 3.05) is 13.2 Å². The quantitative estimate of drug-likeness (QED) is 0.258. The molecule has 186 valence electrons. The number of hydrogen-bond acceptors (Lipinski definition) is 5. The molecule has 5 heteroatoms. The van der Waals surface area contributed by atoms with Crippen molar-refractivity contribution in [2.24, 2.45) is 0 Å². The Labute approximate surface area is 213 Å². The van der Waals surface area contributed by atoms with E-state index in [1.807, 2.05) is 91.0 Å². The second-order valence-electron chi connectivity index (χ2n) is 8.58. The van der Waals surface area contributed by atoms with Gasteiger partial charge in [-0.1, -0.05) is 103 Å². The number of rotatable bonds is 12. The lowest BCUT2D eigenvalue weighted by atomic mass is 9.96. The maximum Gasteiger partial charge on any atom is 0.183 e. The van der Waals surface area contributed by atoms with Crippen LogP contribution >= 0.6 is 0 Å². The van der Waals surface area contributed by atoms with Crippen LogP contribution in [-0.4, -0.2) is 37.8 Å². The van der Waals surface area contributed by atoms with Crippen LogP contribution in [0.3, 0.4) is 0 Å². The molecule has 1 heterocycles. The van der Waals surface area contributed by atoms with Crippen LogP contribution in [-0.2, 0) is 43.5 Å². The molecule has 0 saturated carbocycles. The number of terminal acetylenes is 1. The Morgan fingerprint density at radius 3 is 1.81 bits per heavy atom. The first-order chi connectivity index (χ1) is 17.7. The van der Waals surface area contributed by atoms with E-state index < -0.39 is 24.6 Å². The summed E-state index contributed by atoms with van der Waals surface area (Å²) in [6, 6.07) is 30.0. The van der Waals surface area contributed by atoms with Gasteiger partial charge in [-0.05, 0) is 16.7 Å². The van der Waals surface area contributed by atoms with Crippen molar-refractivity contribution in [2.45, 2.75) is 44.4 Å². The standard InChI is InChI=1S/C31H32O5/c1-3-19-33-31-24(2)29(34-21-26-15-9-5-10-16-26)30(35-22-27-17-11-6-12-18-27)28(36-31)23-32-20-25-13-7-4-8-14-25/h1,4-18,28-31H,2,19-23H2/t28-,29-,30+,31+/m1/s1. The zero-order valence-corrected chi connectivity index (χ0v) is 20.3. The minimum Gasteiger partial charge on any atom is -0.374 e. The Hall–Kier alpha value is -3.24. The molecule has 3 aromatic carbocycles. The molecule has 3 aromatic rings. The van der Waals surface area contributed by atoms with Crippen molar-refractivity contribution in [3.8, 4) is 12.3 Å². The van der Waals surface area contributed by atoms with Crippen LogP contribution in [0.4, 0.5) is 0 Å². The predicted molar refractivity (Wildman–Crippen MR) is 139 cm³/mol. The normalized spacial score (nSPS) is 21.7. The summed E-state index contributed by atoms with van der Waals surface area (Å²) in [6.45, 7) is 5.90. The van der Waals surface area contributed by atoms with Gasteiger partial charge in [0, 0.05) is 5.57 Å². The zero-order valence-electron chi connectivity index (χ0n) is 20.3. The van der Waals surface area contributed by atoms with Gasteiger partial charge in [-0.3, -0.25) is 0 Å². The van der Waals surface area contributed by atoms with E-state index in [2.05, 4.69) is 12.5 Å². The summed E-state index contributed by atoms with van der Waals surface area (Å²) in [6.07, 6.45) is 3.34. The molecule has 4 rings (SSSR count). The smallest absolute Gasteiger partial charge is 0.183 e. The van der Waals surface area contributed by atoms with Gasteiger partial charge in [0.1, 0.15) is 24.9 Å². The topological polar surface area (TPSA) is 46.2 Å². The lowest BCUT2D eigenvalue weighted by Gasteiger charge is -2.42. The first-order valence-electron chi connectivity index (χ1n) is 12.1. The molecule has 1 fully saturated rings. The third-order valence-corrected chi connectivity index (χ3v) is 5.90. The molecule has 4 atom stereocenters. The minimum absolute atomic E-state index is 0.0994. The second kappa shape index (κ2) is 13.7. The van der Waals surface area contributed by atoms with Gasteiger partial charge >= 0.3 is 0 Å². The van der Waals surface area contributed by atoms with Gasteiger partial charge in [-0.25, -0.2) is 0 Å². The Balaban J connectivity index is 1.52. The Kier molecular flexibility index (Phi) is 9.87. The van der Waals surface area contributed by atoms with Gasteiger partial charge in [-0.15, -0.1) is 6.42 Å². The van der Waals surface area contributed by atoms with Gasteiger partial charge < -0.3 is 23.7 Å². The Bertz CT molecular complexity index is 1090. The lowest BCUT2D eigenvalue weighted by molar-refractivity contribution is -0.246. The van der Waals surface area contributed by atoms with E-state index in [0.29, 0.717) is 32.0 Å². The fraction of sp³-hybridized carbons (Fsp3) is 0.290. The van der Waals surface area contributed by atoms with Crippen LogP contribution in [0, 0.1) is 12.3 Å². The van der Waals surface area contributed by atoms with E-state index in [4.69, 9.17) is 30.1 Å². The molecule has 0 bridgehead atoms. The first kappa shape index (κ1) is 25.8. The molecule has 1 saturated heterocycles. The van der Waals surface area contributed by atoms with E-state index in [1.54, 1.807) is 0 Å². The van der Waals surface area contributed by atoms with Crippen molar-refractivity contribution in [1.82, 2.24) is 0 Å². The fourth-order valence-electron chi connectivity index (χ4n) is 4.06. The molecular formula is C31H32O5. The van der Waals surface area contributed by atoms with Gasteiger partial charge in [0.05, 0.1) is 26.4 Å². The molecule has 1 aliphatic rings. The highest BCUT2D eigenvalue weighted by molar-refractivity contribution is 5.18. The predicted octanol–water partition coefficient (Wildman–Crippen LogP) is 5.30. The molecule has 0 spiro atoms. The summed E-state index contributed by atoms with van der Waals surface area (Å²) in [4.78, 5) is 0. The van der Waals surface area contributed by atoms with Crippen LogP contribution in [0.2, 0.25) is 0 Å². The van der Waals surface area contributed by atoms with Crippen molar-refractivity contribution in [1.29, 1.82) is 0 Å². The first-order valence-corrected chi connectivity index (χ1v) is 12.1. The summed E-state index contributed by atoms with van der Waals surface area (Å²) in [5.74, 6) is 2.50. The maximum absolute atomic E-state index is 6.42. The third-order valence-electron chi connectivity index (χ3n) is 5.90. The average Bonchev–Trinajstić information content (AvgIpc) is 2.93. The monoisotopic (exact) mass is 484 g/mol. The molecule has 5 nitrogen and oxygen atoms in total. The van der Waals surface area contributed by atoms with E-state index in [-0.39, 0.29) is 6.61 Å². The zero-order chi connectivity index (χ0) is 25.0. The van der Waals surface area contributed by atoms with E-state index in [0.717, 1.165) is 16.7 Å². The van der Waals surface area contributed by atoms with E-state index in [9.17, 15) is 0 Å². The molecule has 0 unspecified atom stereocenters. The van der Waals surface area contributed by atoms with Crippen molar-refractivity contribution in [3.63, 3.8) is 0 Å². The SMILES string of the molecule is C#CCO[C@H]1O[C@H](COCc2ccccc2)[C@H](OCc2ccccc2)[C@H](OCc2ccccc2)C1=C. The van der Waals surface area contributed by atoms with E-state index >= 15 is 0 Å². The van der Waals surface area contributed by atoms with Crippen molar-refractivity contribution < 1.29 is 23.7 Å². The summed E-state index contributed by atoms with van der Waals surface area (Å²) >= 11 is 0. The van der Waals surface area contributed by atoms with Crippen molar-refractivity contribution in [3.05, 3.63) is 120 Å². The molecule has 0 N–H and O–H groups in total. The average molecular weight is 485 g/mol. The highest BCUT2D eigenvalue weighted by Crippen LogP contribution is 2.31. The second-order valence-corrected chi connectivity index (χ2v) is 8.58. The van der Waals surface area contributed by atoms with Gasteiger partial charge in [0.15, 0.2) is 6.29 Å². The maximum atomic E-state index is 6.42. The minimum atomic E-state index is -0.719. The molecule has 36 heavy (non-hydrogen) atoms. The molecule has 0 amide bonds. The number of hydrogen-bond donors (Lipinski definition) is 0. The summed E-state index contributed by atoms with van der Waals surface area (Å²) < 4.78 is 30.9. The van der Waals surface area contributed by atoms with Gasteiger partial charge in [0.2, 0.25) is 0 Å². The van der Waals surface area contributed by atoms with Crippen LogP contribution in [0.1, 0.15) is 16.7 Å². The Morgan fingerprint density at radius 2 is 1.25 bits per heavy atom. The summed E-state index contributed by atoms with van der Waals surface area (Å²) in [5, 5.41) is 0. The lowest BCUT2D eigenvalue weighted by Crippen LogP contribution is -2.54. The van der Waals surface area contributed by atoms with Crippen LogP contribution < -0.4 is 0 Å². The third kappa shape index (κ3) is 7.38. The molecule has 0 aromatic heterocycles.